The van der Waals surface area contributed by atoms with Crippen molar-refractivity contribution in [1.82, 2.24) is 5.32 Å². The lowest BCUT2D eigenvalue weighted by Crippen LogP contribution is -2.54. The van der Waals surface area contributed by atoms with E-state index in [1.54, 1.807) is 0 Å². The molecule has 1 rings (SSSR count). The minimum Gasteiger partial charge on any atom is -0.349 e. The van der Waals surface area contributed by atoms with E-state index in [9.17, 15) is 4.79 Å². The first kappa shape index (κ1) is 17.1. The van der Waals surface area contributed by atoms with Crippen molar-refractivity contribution in [2.45, 2.75) is 45.1 Å². The van der Waals surface area contributed by atoms with Crippen LogP contribution in [-0.4, -0.2) is 29.5 Å². The molecule has 0 spiro atoms. The Morgan fingerprint density at radius 2 is 1.88 bits per heavy atom. The highest BCUT2D eigenvalue weighted by Gasteiger charge is 2.30. The SMILES string of the molecule is CCC(CC)(CN)NC(=O)C1CCSCC1.Cl. The van der Waals surface area contributed by atoms with Gasteiger partial charge in [-0.05, 0) is 37.2 Å². The molecule has 1 aliphatic heterocycles. The molecule has 0 atom stereocenters. The third-order valence-electron chi connectivity index (χ3n) is 3.72. The lowest BCUT2D eigenvalue weighted by molar-refractivity contribution is -0.127. The summed E-state index contributed by atoms with van der Waals surface area (Å²) in [5.41, 5.74) is 5.61. The monoisotopic (exact) mass is 280 g/mol. The van der Waals surface area contributed by atoms with E-state index in [2.05, 4.69) is 19.2 Å². The third-order valence-corrected chi connectivity index (χ3v) is 4.77. The van der Waals surface area contributed by atoms with Crippen LogP contribution < -0.4 is 11.1 Å². The maximum Gasteiger partial charge on any atom is 0.223 e. The molecule has 3 nitrogen and oxygen atoms in total. The molecule has 1 aliphatic rings. The minimum atomic E-state index is -0.179. The second kappa shape index (κ2) is 8.22. The molecule has 1 fully saturated rings. The lowest BCUT2D eigenvalue weighted by atomic mass is 9.91. The van der Waals surface area contributed by atoms with Crippen LogP contribution >= 0.6 is 24.2 Å². The van der Waals surface area contributed by atoms with Crippen LogP contribution in [0.15, 0.2) is 0 Å². The number of nitrogens with one attached hydrogen (secondary N) is 1. The van der Waals surface area contributed by atoms with Gasteiger partial charge in [-0.1, -0.05) is 13.8 Å². The second-order valence-corrected chi connectivity index (χ2v) is 5.79. The van der Waals surface area contributed by atoms with E-state index < -0.39 is 0 Å². The molecule has 0 bridgehead atoms. The largest absolute Gasteiger partial charge is 0.349 e. The van der Waals surface area contributed by atoms with Crippen LogP contribution in [0.1, 0.15) is 39.5 Å². The van der Waals surface area contributed by atoms with Gasteiger partial charge in [-0.15, -0.1) is 12.4 Å². The van der Waals surface area contributed by atoms with Gasteiger partial charge in [-0.2, -0.15) is 11.8 Å². The fourth-order valence-electron chi connectivity index (χ4n) is 2.09. The minimum absolute atomic E-state index is 0. The molecule has 102 valence electrons. The van der Waals surface area contributed by atoms with Gasteiger partial charge in [0.15, 0.2) is 0 Å². The molecule has 17 heavy (non-hydrogen) atoms. The van der Waals surface area contributed by atoms with Gasteiger partial charge in [0.05, 0.1) is 5.54 Å². The molecule has 1 heterocycles. The smallest absolute Gasteiger partial charge is 0.223 e. The molecule has 0 aliphatic carbocycles. The normalized spacial score (nSPS) is 17.4. The molecule has 3 N–H and O–H groups in total. The Labute approximate surface area is 115 Å². The highest BCUT2D eigenvalue weighted by molar-refractivity contribution is 7.99. The van der Waals surface area contributed by atoms with Crippen molar-refractivity contribution in [3.05, 3.63) is 0 Å². The summed E-state index contributed by atoms with van der Waals surface area (Å²) in [6.07, 6.45) is 3.86. The first-order valence-corrected chi connectivity index (χ1v) is 7.42. The maximum atomic E-state index is 12.1. The lowest BCUT2D eigenvalue weighted by Gasteiger charge is -2.34. The zero-order valence-electron chi connectivity index (χ0n) is 10.8. The summed E-state index contributed by atoms with van der Waals surface area (Å²) in [5.74, 6) is 2.66. The molecule has 1 saturated heterocycles. The Morgan fingerprint density at radius 3 is 2.29 bits per heavy atom. The van der Waals surface area contributed by atoms with Gasteiger partial charge in [0, 0.05) is 12.5 Å². The van der Waals surface area contributed by atoms with E-state index in [-0.39, 0.29) is 29.8 Å². The molecule has 0 aromatic heterocycles. The first-order chi connectivity index (χ1) is 7.67. The van der Waals surface area contributed by atoms with E-state index in [0.29, 0.717) is 6.54 Å². The predicted octanol–water partition coefficient (Wildman–Crippen LogP) is 2.19. The van der Waals surface area contributed by atoms with Crippen LogP contribution in [0.4, 0.5) is 0 Å². The van der Waals surface area contributed by atoms with Gasteiger partial charge in [0.1, 0.15) is 0 Å². The van der Waals surface area contributed by atoms with Crippen LogP contribution in [0.3, 0.4) is 0 Å². The third kappa shape index (κ3) is 4.68. The summed E-state index contributed by atoms with van der Waals surface area (Å²) < 4.78 is 0. The zero-order valence-corrected chi connectivity index (χ0v) is 12.5. The maximum absolute atomic E-state index is 12.1. The fraction of sp³-hybridized carbons (Fsp3) is 0.917. The molecule has 0 saturated carbocycles. The molecule has 0 aromatic rings. The van der Waals surface area contributed by atoms with Gasteiger partial charge in [-0.25, -0.2) is 0 Å². The second-order valence-electron chi connectivity index (χ2n) is 4.57. The Bertz CT molecular complexity index is 220. The van der Waals surface area contributed by atoms with Crippen LogP contribution in [0.2, 0.25) is 0 Å². The van der Waals surface area contributed by atoms with Gasteiger partial charge in [0.2, 0.25) is 5.91 Å². The number of thioether (sulfide) groups is 1. The zero-order chi connectivity index (χ0) is 12.0. The van der Waals surface area contributed by atoms with Crippen LogP contribution in [0.5, 0.6) is 0 Å². The van der Waals surface area contributed by atoms with Gasteiger partial charge >= 0.3 is 0 Å². The topological polar surface area (TPSA) is 55.1 Å². The van der Waals surface area contributed by atoms with Crippen LogP contribution in [0.25, 0.3) is 0 Å². The van der Waals surface area contributed by atoms with Crippen molar-refractivity contribution >= 4 is 30.1 Å². The van der Waals surface area contributed by atoms with Crippen molar-refractivity contribution in [3.8, 4) is 0 Å². The van der Waals surface area contributed by atoms with Gasteiger partial charge < -0.3 is 11.1 Å². The number of halogens is 1. The van der Waals surface area contributed by atoms with Crippen molar-refractivity contribution in [2.24, 2.45) is 11.7 Å². The van der Waals surface area contributed by atoms with E-state index in [1.165, 1.54) is 0 Å². The molecule has 0 radical (unpaired) electrons. The Balaban J connectivity index is 0.00000256. The number of hydrogen-bond acceptors (Lipinski definition) is 3. The first-order valence-electron chi connectivity index (χ1n) is 6.27. The summed E-state index contributed by atoms with van der Waals surface area (Å²) >= 11 is 1.95. The summed E-state index contributed by atoms with van der Waals surface area (Å²) in [5, 5.41) is 3.18. The summed E-state index contributed by atoms with van der Waals surface area (Å²) in [4.78, 5) is 12.1. The number of amides is 1. The number of carbonyl (C=O) groups is 1. The van der Waals surface area contributed by atoms with Crippen LogP contribution in [0, 0.1) is 5.92 Å². The molecular formula is C12H25ClN2OS. The summed E-state index contributed by atoms with van der Waals surface area (Å²) in [6.45, 7) is 4.72. The highest BCUT2D eigenvalue weighted by Crippen LogP contribution is 2.24. The molecule has 5 heteroatoms. The van der Waals surface area contributed by atoms with Gasteiger partial charge in [0.25, 0.3) is 0 Å². The fourth-order valence-corrected chi connectivity index (χ4v) is 3.20. The summed E-state index contributed by atoms with van der Waals surface area (Å²) in [6, 6.07) is 0. The van der Waals surface area contributed by atoms with E-state index >= 15 is 0 Å². The summed E-state index contributed by atoms with van der Waals surface area (Å²) in [7, 11) is 0. The van der Waals surface area contributed by atoms with Crippen molar-refractivity contribution < 1.29 is 4.79 Å². The molecule has 0 aromatic carbocycles. The quantitative estimate of drug-likeness (QED) is 0.812. The standard InChI is InChI=1S/C12H24N2OS.ClH/c1-3-12(4-2,9-13)14-11(15)10-5-7-16-8-6-10;/h10H,3-9,13H2,1-2H3,(H,14,15);1H. The van der Waals surface area contributed by atoms with Gasteiger partial charge in [-0.3, -0.25) is 4.79 Å². The van der Waals surface area contributed by atoms with Crippen molar-refractivity contribution in [2.75, 3.05) is 18.1 Å². The van der Waals surface area contributed by atoms with Crippen LogP contribution in [-0.2, 0) is 4.79 Å². The van der Waals surface area contributed by atoms with E-state index in [0.717, 1.165) is 37.2 Å². The van der Waals surface area contributed by atoms with Crippen molar-refractivity contribution in [1.29, 1.82) is 0 Å². The Hall–Kier alpha value is 0.0700. The number of rotatable bonds is 5. The molecule has 0 unspecified atom stereocenters. The molecular weight excluding hydrogens is 256 g/mol. The number of hydrogen-bond donors (Lipinski definition) is 2. The average molecular weight is 281 g/mol. The number of carbonyl (C=O) groups excluding carboxylic acids is 1. The van der Waals surface area contributed by atoms with E-state index in [1.807, 2.05) is 11.8 Å². The number of nitrogens with two attached hydrogens (primary N) is 1. The van der Waals surface area contributed by atoms with Crippen molar-refractivity contribution in [3.63, 3.8) is 0 Å². The average Bonchev–Trinajstić information content (AvgIpc) is 2.37. The van der Waals surface area contributed by atoms with E-state index in [4.69, 9.17) is 5.73 Å². The molecule has 1 amide bonds. The Morgan fingerprint density at radius 1 is 1.35 bits per heavy atom. The Kier molecular flexibility index (Phi) is 8.25. The highest BCUT2D eigenvalue weighted by atomic mass is 35.5. The predicted molar refractivity (Wildman–Crippen MR) is 77.8 cm³/mol.